The second-order valence-electron chi connectivity index (χ2n) is 23.3. The number of carbonyl (C=O) groups is 10. The van der Waals surface area contributed by atoms with Crippen LogP contribution in [0.25, 0.3) is 0 Å². The number of guanidine groups is 3. The molecule has 3 aromatic rings. The number of carboxylic acids is 1. The lowest BCUT2D eigenvalue weighted by Crippen LogP contribution is -2.63. The summed E-state index contributed by atoms with van der Waals surface area (Å²) in [5, 5.41) is 46.6. The molecule has 0 spiro atoms. The number of hydrogen-bond donors (Lipinski definition) is 15. The minimum atomic E-state index is -1.70. The third-order valence-corrected chi connectivity index (χ3v) is 17.5. The Morgan fingerprint density at radius 3 is 1.71 bits per heavy atom. The second-order valence-corrected chi connectivity index (χ2v) is 24.3. The molecule has 33 heteroatoms. The number of aliphatic hydroxyl groups is 2. The number of nitrogens with two attached hydrogens (primary N) is 7. The van der Waals surface area contributed by atoms with Gasteiger partial charge >= 0.3 is 5.97 Å². The number of amides is 9. The third-order valence-electron chi connectivity index (χ3n) is 16.6. The highest BCUT2D eigenvalue weighted by molar-refractivity contribution is 7.09. The smallest absolute Gasteiger partial charge is 0.326 e. The van der Waals surface area contributed by atoms with E-state index < -0.39 is 133 Å². The summed E-state index contributed by atoms with van der Waals surface area (Å²) in [6.45, 7) is -1.66. The Bertz CT molecular complexity index is 3270. The van der Waals surface area contributed by atoms with Crippen LogP contribution in [0, 0.1) is 0 Å². The number of aliphatic carboxylic acids is 1. The zero-order valence-electron chi connectivity index (χ0n) is 51.5. The van der Waals surface area contributed by atoms with E-state index >= 15 is 4.79 Å². The van der Waals surface area contributed by atoms with Crippen LogP contribution < -0.4 is 66.7 Å². The number of rotatable bonds is 30. The van der Waals surface area contributed by atoms with Crippen molar-refractivity contribution in [1.82, 2.24) is 46.2 Å². The molecular formula is C60H85N19O13S. The number of carbonyl (C=O) groups excluding carboxylic acids is 9. The second kappa shape index (κ2) is 33.7. The number of aliphatic hydroxyl groups excluding tert-OH is 2. The van der Waals surface area contributed by atoms with Gasteiger partial charge in [-0.15, -0.1) is 11.3 Å². The van der Waals surface area contributed by atoms with Gasteiger partial charge in [0.15, 0.2) is 17.9 Å². The summed E-state index contributed by atoms with van der Waals surface area (Å²) in [5.74, 6) is -8.60. The molecule has 504 valence electrons. The van der Waals surface area contributed by atoms with Gasteiger partial charge < -0.3 is 102 Å². The van der Waals surface area contributed by atoms with Crippen LogP contribution in [0.5, 0.6) is 0 Å². The van der Waals surface area contributed by atoms with Gasteiger partial charge in [-0.25, -0.2) is 4.79 Å². The van der Waals surface area contributed by atoms with E-state index in [1.807, 2.05) is 0 Å². The Labute approximate surface area is 540 Å². The van der Waals surface area contributed by atoms with E-state index in [1.165, 1.54) is 26.0 Å². The van der Waals surface area contributed by atoms with Crippen molar-refractivity contribution in [3.05, 3.63) is 93.2 Å². The summed E-state index contributed by atoms with van der Waals surface area (Å²) in [6.07, 6.45) is 0.0689. The highest BCUT2D eigenvalue weighted by Gasteiger charge is 2.47. The van der Waals surface area contributed by atoms with Crippen molar-refractivity contribution in [1.29, 1.82) is 0 Å². The van der Waals surface area contributed by atoms with Crippen LogP contribution in [0.2, 0.25) is 0 Å². The lowest BCUT2D eigenvalue weighted by Gasteiger charge is -2.43. The van der Waals surface area contributed by atoms with Gasteiger partial charge in [0.05, 0.1) is 25.3 Å². The maximum Gasteiger partial charge on any atom is 0.326 e. The third kappa shape index (κ3) is 19.5. The van der Waals surface area contributed by atoms with Gasteiger partial charge in [-0.2, -0.15) is 0 Å². The first-order valence-corrected chi connectivity index (χ1v) is 31.6. The molecule has 2 fully saturated rings. The maximum atomic E-state index is 15.3. The molecule has 0 radical (unpaired) electrons. The van der Waals surface area contributed by atoms with Crippen LogP contribution in [0.1, 0.15) is 84.9 Å². The molecule has 0 unspecified atom stereocenters. The summed E-state index contributed by atoms with van der Waals surface area (Å²) in [7, 11) is 0. The van der Waals surface area contributed by atoms with Gasteiger partial charge in [0.25, 0.3) is 0 Å². The van der Waals surface area contributed by atoms with Crippen molar-refractivity contribution < 1.29 is 63.3 Å². The average molecular weight is 1310 g/mol. The Hall–Kier alpha value is -9.47. The number of thiophene rings is 1. The molecule has 2 saturated heterocycles. The van der Waals surface area contributed by atoms with E-state index in [2.05, 4.69) is 41.6 Å². The van der Waals surface area contributed by atoms with E-state index in [-0.39, 0.29) is 128 Å². The molecule has 0 bridgehead atoms. The van der Waals surface area contributed by atoms with Gasteiger partial charge in [-0.3, -0.25) is 58.1 Å². The molecule has 0 saturated carbocycles. The summed E-state index contributed by atoms with van der Waals surface area (Å²) < 4.78 is 0. The molecule has 7 rings (SSSR count). The summed E-state index contributed by atoms with van der Waals surface area (Å²) >= 11 is 1.26. The van der Waals surface area contributed by atoms with Crippen molar-refractivity contribution >= 4 is 88.3 Å². The molecule has 93 heavy (non-hydrogen) atoms. The fraction of sp³-hybridized carbons (Fsp3) is 0.517. The Balaban J connectivity index is 1.03. The Morgan fingerprint density at radius 2 is 1.13 bits per heavy atom. The minimum absolute atomic E-state index is 0.00575. The first-order valence-electron chi connectivity index (χ1n) is 30.7. The zero-order valence-corrected chi connectivity index (χ0v) is 52.3. The topological polar surface area (TPSA) is 524 Å². The van der Waals surface area contributed by atoms with Crippen molar-refractivity contribution in [2.24, 2.45) is 55.1 Å². The standard InChI is InChI=1S/C60H85N19O13S/c61-39(15-5-19-68-58(62)63)49(83)73-40(16-6-20-69-59(64)65)53(87)76-22-8-18-44(76)55(89)79-31-37(81)26-46(79)51(85)71-28-48(82)72-42(27-38-14-9-23-93-38)50(84)75-43(32-80)54(88)78-30-36-13-4-2-11-34(36)25-47(78)56(90)77-29-35-12-3-1-10-33(35)24-45(77)52(86)74-41(57(91)92)17-7-21-70-60(66)67/h1-4,9-14,23,37,39-47,80-81H,5-8,15-22,24-32,61H2,(H,71,85)(H,72,82)(H,73,83)(H,74,86)(H,75,84)(H,91,92)(H4,62,63,68)(H4,64,65,69)(H4,66,67,70)/t37-,39-,40+,41+,42+,43+,44+,45+,46+,47-/m1/s1. The van der Waals surface area contributed by atoms with Gasteiger partial charge in [-0.05, 0) is 85.1 Å². The van der Waals surface area contributed by atoms with Crippen LogP contribution in [-0.2, 0) is 80.3 Å². The monoisotopic (exact) mass is 1310 g/mol. The number of likely N-dealkylation sites (tertiary alicyclic amines) is 2. The largest absolute Gasteiger partial charge is 0.480 e. The number of hydrogen-bond acceptors (Lipinski definition) is 17. The number of benzene rings is 2. The van der Waals surface area contributed by atoms with Gasteiger partial charge in [0, 0.05) is 76.4 Å². The van der Waals surface area contributed by atoms with Gasteiger partial charge in [0.1, 0.15) is 48.3 Å². The quantitative estimate of drug-likeness (QED) is 0.0168. The fourth-order valence-electron chi connectivity index (χ4n) is 11.9. The number of nitrogens with one attached hydrogen (secondary N) is 5. The Kier molecular flexibility index (Phi) is 25.7. The molecule has 5 heterocycles. The Morgan fingerprint density at radius 1 is 0.581 bits per heavy atom. The number of nitrogens with zero attached hydrogens (tertiary/aromatic N) is 7. The van der Waals surface area contributed by atoms with Crippen LogP contribution in [0.3, 0.4) is 0 Å². The first kappa shape index (κ1) is 71.0. The van der Waals surface area contributed by atoms with E-state index in [1.54, 1.807) is 66.0 Å². The van der Waals surface area contributed by atoms with Crippen molar-refractivity contribution in [2.45, 2.75) is 151 Å². The SMILES string of the molecule is NC(N)=NCCC[C@@H](N)C(=O)N[C@@H](CCCN=C(N)N)C(=O)N1CCC[C@H]1C(=O)N1C[C@H](O)C[C@H]1C(=O)NCC(=O)N[C@@H](Cc1cccs1)C(=O)N[C@@H](CO)C(=O)N1Cc2ccccc2C[C@@H]1C(=O)N1Cc2ccccc2C[C@H]1C(=O)N[C@@H](CCCN=C(N)N)C(=O)O. The zero-order chi connectivity index (χ0) is 67.5. The predicted octanol–water partition coefficient (Wildman–Crippen LogP) is -5.23. The molecular weight excluding hydrogens is 1230 g/mol. The van der Waals surface area contributed by atoms with Crippen LogP contribution in [-0.4, -0.2) is 218 Å². The van der Waals surface area contributed by atoms with Crippen LogP contribution in [0.15, 0.2) is 81.0 Å². The van der Waals surface area contributed by atoms with Crippen molar-refractivity contribution in [3.8, 4) is 0 Å². The van der Waals surface area contributed by atoms with Crippen LogP contribution >= 0.6 is 11.3 Å². The van der Waals surface area contributed by atoms with E-state index in [0.29, 0.717) is 34.4 Å². The highest BCUT2D eigenvalue weighted by atomic mass is 32.1. The van der Waals surface area contributed by atoms with E-state index in [9.17, 15) is 58.5 Å². The fourth-order valence-corrected chi connectivity index (χ4v) is 12.6. The summed E-state index contributed by atoms with van der Waals surface area (Å²) in [5.41, 5.74) is 41.7. The molecule has 32 nitrogen and oxygen atoms in total. The lowest BCUT2D eigenvalue weighted by atomic mass is 9.89. The molecule has 4 aliphatic rings. The van der Waals surface area contributed by atoms with Crippen molar-refractivity contribution in [3.63, 3.8) is 0 Å². The molecule has 10 atom stereocenters. The number of fused-ring (bicyclic) bond motifs is 2. The van der Waals surface area contributed by atoms with Crippen LogP contribution in [0.4, 0.5) is 0 Å². The van der Waals surface area contributed by atoms with E-state index in [4.69, 9.17) is 40.1 Å². The number of carboxylic acid groups (broad SMARTS) is 1. The minimum Gasteiger partial charge on any atom is -0.480 e. The molecule has 22 N–H and O–H groups in total. The lowest BCUT2D eigenvalue weighted by molar-refractivity contribution is -0.154. The normalized spacial score (nSPS) is 19.8. The van der Waals surface area contributed by atoms with Gasteiger partial charge in [-0.1, -0.05) is 54.6 Å². The first-order chi connectivity index (χ1) is 44.4. The van der Waals surface area contributed by atoms with Gasteiger partial charge in [0.2, 0.25) is 53.2 Å². The summed E-state index contributed by atoms with van der Waals surface area (Å²) in [4.78, 5) is 159. The predicted molar refractivity (Wildman–Crippen MR) is 341 cm³/mol. The molecule has 0 aliphatic carbocycles. The number of β-amino-alcohol motifs (C(OH)–C–C–N with tert-alkyl or cyclic N) is 1. The molecule has 4 aliphatic heterocycles. The van der Waals surface area contributed by atoms with Crippen molar-refractivity contribution in [2.75, 3.05) is 45.9 Å². The molecule has 9 amide bonds. The summed E-state index contributed by atoms with van der Waals surface area (Å²) in [6, 6.07) is 6.01. The molecule has 1 aromatic heterocycles. The molecule has 2 aromatic carbocycles. The van der Waals surface area contributed by atoms with E-state index in [0.717, 1.165) is 10.5 Å². The average Bonchev–Trinajstić information content (AvgIpc) is 0.869. The highest BCUT2D eigenvalue weighted by Crippen LogP contribution is 2.31. The number of aliphatic imine (C=N–C) groups is 3. The maximum absolute atomic E-state index is 15.3.